The van der Waals surface area contributed by atoms with E-state index in [-0.39, 0.29) is 5.92 Å². The molecule has 2 nitrogen and oxygen atoms in total. The monoisotopic (exact) mass is 220 g/mol. The second-order valence-corrected chi connectivity index (χ2v) is 3.79. The fraction of sp³-hybridized carbons (Fsp3) is 0.875. The Labute approximate surface area is 75.1 Å². The second kappa shape index (κ2) is 4.10. The molecule has 0 amide bonds. The van der Waals surface area contributed by atoms with Crippen LogP contribution in [-0.4, -0.2) is 16.4 Å². The van der Waals surface area contributed by atoms with Crippen LogP contribution < -0.4 is 0 Å². The van der Waals surface area contributed by atoms with E-state index in [1.807, 2.05) is 0 Å². The van der Waals surface area contributed by atoms with Gasteiger partial charge in [0, 0.05) is 5.33 Å². The van der Waals surface area contributed by atoms with Gasteiger partial charge in [-0.2, -0.15) is 0 Å². The van der Waals surface area contributed by atoms with Gasteiger partial charge in [-0.1, -0.05) is 28.8 Å². The van der Waals surface area contributed by atoms with Crippen LogP contribution in [0.2, 0.25) is 0 Å². The van der Waals surface area contributed by atoms with E-state index in [2.05, 4.69) is 15.9 Å². The topological polar surface area (TPSA) is 37.3 Å². The van der Waals surface area contributed by atoms with E-state index in [0.29, 0.717) is 5.92 Å². The molecule has 0 aliphatic heterocycles. The van der Waals surface area contributed by atoms with Gasteiger partial charge in [-0.25, -0.2) is 0 Å². The van der Waals surface area contributed by atoms with Crippen molar-refractivity contribution in [3.8, 4) is 0 Å². The predicted octanol–water partition coefficient (Wildman–Crippen LogP) is 2.27. The van der Waals surface area contributed by atoms with E-state index in [0.717, 1.165) is 24.6 Å². The van der Waals surface area contributed by atoms with Crippen LogP contribution in [0.4, 0.5) is 0 Å². The molecule has 3 heteroatoms. The molecular weight excluding hydrogens is 208 g/mol. The van der Waals surface area contributed by atoms with Gasteiger partial charge in [-0.05, 0) is 18.8 Å². The van der Waals surface area contributed by atoms with Crippen LogP contribution in [0.5, 0.6) is 0 Å². The number of hydrogen-bond acceptors (Lipinski definition) is 1. The van der Waals surface area contributed by atoms with Crippen LogP contribution in [0.3, 0.4) is 0 Å². The Balaban J connectivity index is 2.51. The fourth-order valence-electron chi connectivity index (χ4n) is 1.72. The minimum atomic E-state index is -0.617. The smallest absolute Gasteiger partial charge is 0.306 e. The number of rotatable bonds is 2. The molecule has 1 fully saturated rings. The zero-order valence-electron chi connectivity index (χ0n) is 6.42. The van der Waals surface area contributed by atoms with Crippen molar-refractivity contribution in [1.29, 1.82) is 0 Å². The van der Waals surface area contributed by atoms with Crippen LogP contribution in [0, 0.1) is 11.8 Å². The Morgan fingerprint density at radius 2 is 2.09 bits per heavy atom. The molecule has 2 atom stereocenters. The van der Waals surface area contributed by atoms with Gasteiger partial charge >= 0.3 is 5.97 Å². The summed E-state index contributed by atoms with van der Waals surface area (Å²) in [6.45, 7) is 0. The highest BCUT2D eigenvalue weighted by atomic mass is 79.9. The Kier molecular flexibility index (Phi) is 3.37. The molecule has 1 rings (SSSR count). The standard InChI is InChI=1S/C8H13BrO2/c9-5-6-3-1-2-4-7(6)8(10)11/h6-7H,1-5H2,(H,10,11). The van der Waals surface area contributed by atoms with Crippen molar-refractivity contribution in [3.63, 3.8) is 0 Å². The maximum absolute atomic E-state index is 10.7. The Morgan fingerprint density at radius 3 is 2.55 bits per heavy atom. The molecule has 0 heterocycles. The van der Waals surface area contributed by atoms with Gasteiger partial charge in [0.15, 0.2) is 0 Å². The van der Waals surface area contributed by atoms with Crippen molar-refractivity contribution in [1.82, 2.24) is 0 Å². The summed E-state index contributed by atoms with van der Waals surface area (Å²) in [5, 5.41) is 9.66. The first-order valence-corrected chi connectivity index (χ1v) is 5.16. The summed E-state index contributed by atoms with van der Waals surface area (Å²) in [4.78, 5) is 10.7. The first kappa shape index (κ1) is 9.04. The normalized spacial score (nSPS) is 31.7. The van der Waals surface area contributed by atoms with Crippen LogP contribution in [0.1, 0.15) is 25.7 Å². The average Bonchev–Trinajstić information content (AvgIpc) is 2.04. The van der Waals surface area contributed by atoms with E-state index in [1.165, 1.54) is 6.42 Å². The summed E-state index contributed by atoms with van der Waals surface area (Å²) in [5.74, 6) is -0.349. The van der Waals surface area contributed by atoms with Gasteiger partial charge in [0.05, 0.1) is 5.92 Å². The van der Waals surface area contributed by atoms with Crippen LogP contribution >= 0.6 is 15.9 Å². The van der Waals surface area contributed by atoms with Gasteiger partial charge < -0.3 is 5.11 Å². The molecule has 0 bridgehead atoms. The molecule has 64 valence electrons. The molecule has 1 aliphatic carbocycles. The van der Waals surface area contributed by atoms with Gasteiger partial charge in [0.2, 0.25) is 0 Å². The van der Waals surface area contributed by atoms with Crippen molar-refractivity contribution in [2.75, 3.05) is 5.33 Å². The third-order valence-electron chi connectivity index (χ3n) is 2.42. The van der Waals surface area contributed by atoms with E-state index >= 15 is 0 Å². The third kappa shape index (κ3) is 2.19. The van der Waals surface area contributed by atoms with Gasteiger partial charge in [0.25, 0.3) is 0 Å². The van der Waals surface area contributed by atoms with E-state index in [4.69, 9.17) is 5.11 Å². The molecule has 1 saturated carbocycles. The summed E-state index contributed by atoms with van der Waals surface area (Å²) in [5.41, 5.74) is 0. The second-order valence-electron chi connectivity index (χ2n) is 3.14. The van der Waals surface area contributed by atoms with E-state index < -0.39 is 5.97 Å². The van der Waals surface area contributed by atoms with Crippen molar-refractivity contribution in [2.45, 2.75) is 25.7 Å². The molecule has 0 aromatic heterocycles. The molecule has 1 N–H and O–H groups in total. The summed E-state index contributed by atoms with van der Waals surface area (Å²) >= 11 is 3.36. The zero-order chi connectivity index (χ0) is 8.27. The number of alkyl halides is 1. The molecule has 1 aliphatic rings. The zero-order valence-corrected chi connectivity index (χ0v) is 8.01. The minimum Gasteiger partial charge on any atom is -0.481 e. The lowest BCUT2D eigenvalue weighted by atomic mass is 9.80. The number of carboxylic acid groups (broad SMARTS) is 1. The SMILES string of the molecule is O=C(O)C1CCCCC1CBr. The van der Waals surface area contributed by atoms with Gasteiger partial charge in [-0.15, -0.1) is 0 Å². The van der Waals surface area contributed by atoms with Crippen LogP contribution in [0.25, 0.3) is 0 Å². The maximum Gasteiger partial charge on any atom is 0.306 e. The highest BCUT2D eigenvalue weighted by Gasteiger charge is 2.29. The molecule has 0 aromatic rings. The average molecular weight is 221 g/mol. The molecule has 0 saturated heterocycles. The summed E-state index contributed by atoms with van der Waals surface area (Å²) < 4.78 is 0. The third-order valence-corrected chi connectivity index (χ3v) is 3.26. The van der Waals surface area contributed by atoms with Gasteiger partial charge in [-0.3, -0.25) is 4.79 Å². The lowest BCUT2D eigenvalue weighted by Crippen LogP contribution is -2.27. The van der Waals surface area contributed by atoms with E-state index in [1.54, 1.807) is 0 Å². The van der Waals surface area contributed by atoms with Crippen molar-refractivity contribution < 1.29 is 9.90 Å². The molecular formula is C8H13BrO2. The Bertz CT molecular complexity index is 147. The molecule has 2 unspecified atom stereocenters. The Morgan fingerprint density at radius 1 is 1.45 bits per heavy atom. The lowest BCUT2D eigenvalue weighted by molar-refractivity contribution is -0.144. The van der Waals surface area contributed by atoms with Crippen molar-refractivity contribution >= 4 is 21.9 Å². The Hall–Kier alpha value is -0.0500. The van der Waals surface area contributed by atoms with Crippen LogP contribution in [0.15, 0.2) is 0 Å². The van der Waals surface area contributed by atoms with Crippen molar-refractivity contribution in [3.05, 3.63) is 0 Å². The number of carboxylic acids is 1. The first-order chi connectivity index (χ1) is 5.25. The van der Waals surface area contributed by atoms with Crippen molar-refractivity contribution in [2.24, 2.45) is 11.8 Å². The summed E-state index contributed by atoms with van der Waals surface area (Å²) in [7, 11) is 0. The number of hydrogen-bond donors (Lipinski definition) is 1. The first-order valence-electron chi connectivity index (χ1n) is 4.04. The maximum atomic E-state index is 10.7. The number of aliphatic carboxylic acids is 1. The predicted molar refractivity (Wildman–Crippen MR) is 46.9 cm³/mol. The largest absolute Gasteiger partial charge is 0.481 e. The highest BCUT2D eigenvalue weighted by molar-refractivity contribution is 9.09. The molecule has 11 heavy (non-hydrogen) atoms. The molecule has 0 spiro atoms. The summed E-state index contributed by atoms with van der Waals surface area (Å²) in [6.07, 6.45) is 4.22. The quantitative estimate of drug-likeness (QED) is 0.726. The van der Waals surface area contributed by atoms with E-state index in [9.17, 15) is 4.79 Å². The van der Waals surface area contributed by atoms with Gasteiger partial charge in [0.1, 0.15) is 0 Å². The fourth-order valence-corrected chi connectivity index (χ4v) is 2.49. The lowest BCUT2D eigenvalue weighted by Gasteiger charge is -2.26. The summed E-state index contributed by atoms with van der Waals surface area (Å²) in [6, 6.07) is 0. The molecule has 0 aromatic carbocycles. The molecule has 0 radical (unpaired) electrons. The highest BCUT2D eigenvalue weighted by Crippen LogP contribution is 2.31. The number of carbonyl (C=O) groups is 1. The number of halogens is 1. The minimum absolute atomic E-state index is 0.0943. The van der Waals surface area contributed by atoms with Crippen LogP contribution in [-0.2, 0) is 4.79 Å².